The number of nitrogens with zero attached hydrogens (tertiary/aromatic N) is 4. The Morgan fingerprint density at radius 1 is 1.14 bits per heavy atom. The zero-order valence-corrected chi connectivity index (χ0v) is 17.1. The molecule has 7 heteroatoms. The Kier molecular flexibility index (Phi) is 5.07. The number of thiazole rings is 1. The average Bonchev–Trinajstić information content (AvgIpc) is 3.28. The van der Waals surface area contributed by atoms with Gasteiger partial charge in [-0.15, -0.1) is 11.3 Å². The molecule has 0 saturated carbocycles. The van der Waals surface area contributed by atoms with Crippen molar-refractivity contribution < 1.29 is 9.18 Å². The number of pyridine rings is 1. The third-order valence-electron chi connectivity index (χ3n) is 4.69. The standard InChI is InChI=1S/C22H19FN4OS/c1-13-5-4-6-18(23)20(13)19(28)9-17-8-7-15(10-24-17)21-14(2)29-22(26-21)16-11-25-27(3)12-16/h4-8,10-12H,9H2,1-3H3. The van der Waals surface area contributed by atoms with Gasteiger partial charge in [0.2, 0.25) is 0 Å². The van der Waals surface area contributed by atoms with Gasteiger partial charge in [-0.25, -0.2) is 9.37 Å². The van der Waals surface area contributed by atoms with Gasteiger partial charge in [0.1, 0.15) is 10.8 Å². The zero-order valence-electron chi connectivity index (χ0n) is 16.3. The fourth-order valence-electron chi connectivity index (χ4n) is 3.23. The Bertz CT molecular complexity index is 1170. The number of carbonyl (C=O) groups is 1. The maximum Gasteiger partial charge on any atom is 0.172 e. The van der Waals surface area contributed by atoms with Gasteiger partial charge in [-0.3, -0.25) is 14.5 Å². The van der Waals surface area contributed by atoms with Gasteiger partial charge in [0.25, 0.3) is 0 Å². The van der Waals surface area contributed by atoms with Gasteiger partial charge in [-0.05, 0) is 37.6 Å². The molecule has 0 aliphatic heterocycles. The van der Waals surface area contributed by atoms with Crippen LogP contribution in [0.15, 0.2) is 48.9 Å². The van der Waals surface area contributed by atoms with E-state index < -0.39 is 5.82 Å². The number of Topliss-reactive ketones (excluding diaryl/α,β-unsaturated/α-hetero) is 1. The lowest BCUT2D eigenvalue weighted by molar-refractivity contribution is 0.0987. The first-order valence-electron chi connectivity index (χ1n) is 9.12. The summed E-state index contributed by atoms with van der Waals surface area (Å²) in [5.74, 6) is -0.766. The summed E-state index contributed by atoms with van der Waals surface area (Å²) in [7, 11) is 1.87. The molecular weight excluding hydrogens is 387 g/mol. The van der Waals surface area contributed by atoms with E-state index in [1.807, 2.05) is 26.2 Å². The third kappa shape index (κ3) is 3.86. The number of carbonyl (C=O) groups excluding carboxylic acids is 1. The predicted molar refractivity (Wildman–Crippen MR) is 111 cm³/mol. The number of rotatable bonds is 5. The maximum absolute atomic E-state index is 14.0. The summed E-state index contributed by atoms with van der Waals surface area (Å²) in [6.45, 7) is 3.75. The second-order valence-electron chi connectivity index (χ2n) is 6.90. The summed E-state index contributed by atoms with van der Waals surface area (Å²) >= 11 is 1.60. The average molecular weight is 406 g/mol. The molecule has 0 radical (unpaired) electrons. The predicted octanol–water partition coefficient (Wildman–Crippen LogP) is 4.79. The quantitative estimate of drug-likeness (QED) is 0.447. The molecule has 0 saturated heterocycles. The highest BCUT2D eigenvalue weighted by atomic mass is 32.1. The molecule has 1 aromatic carbocycles. The fraction of sp³-hybridized carbons (Fsp3) is 0.182. The highest BCUT2D eigenvalue weighted by Crippen LogP contribution is 2.32. The fourth-order valence-corrected chi connectivity index (χ4v) is 4.14. The summed E-state index contributed by atoms with van der Waals surface area (Å²) in [5, 5.41) is 5.10. The Balaban J connectivity index is 1.56. The smallest absolute Gasteiger partial charge is 0.172 e. The van der Waals surface area contributed by atoms with Crippen LogP contribution in [0.3, 0.4) is 0 Å². The molecule has 0 N–H and O–H groups in total. The molecule has 0 bridgehead atoms. The van der Waals surface area contributed by atoms with Crippen LogP contribution in [0, 0.1) is 19.7 Å². The molecule has 3 aromatic heterocycles. The molecule has 0 unspecified atom stereocenters. The second kappa shape index (κ2) is 7.67. The number of ketones is 1. The van der Waals surface area contributed by atoms with Crippen LogP contribution in [-0.2, 0) is 13.5 Å². The van der Waals surface area contributed by atoms with Crippen LogP contribution in [-0.4, -0.2) is 25.5 Å². The highest BCUT2D eigenvalue weighted by molar-refractivity contribution is 7.15. The monoisotopic (exact) mass is 406 g/mol. The number of aryl methyl sites for hydroxylation is 3. The van der Waals surface area contributed by atoms with Crippen LogP contribution in [0.4, 0.5) is 4.39 Å². The lowest BCUT2D eigenvalue weighted by Crippen LogP contribution is -2.09. The van der Waals surface area contributed by atoms with Crippen LogP contribution in [0.2, 0.25) is 0 Å². The third-order valence-corrected chi connectivity index (χ3v) is 5.71. The van der Waals surface area contributed by atoms with E-state index in [4.69, 9.17) is 4.98 Å². The molecule has 4 aromatic rings. The van der Waals surface area contributed by atoms with E-state index in [2.05, 4.69) is 10.1 Å². The van der Waals surface area contributed by atoms with Gasteiger partial charge in [-0.2, -0.15) is 5.10 Å². The first-order valence-corrected chi connectivity index (χ1v) is 9.94. The van der Waals surface area contributed by atoms with Crippen molar-refractivity contribution in [1.29, 1.82) is 0 Å². The van der Waals surface area contributed by atoms with Crippen molar-refractivity contribution in [1.82, 2.24) is 19.7 Å². The van der Waals surface area contributed by atoms with Crippen LogP contribution >= 0.6 is 11.3 Å². The molecule has 0 fully saturated rings. The van der Waals surface area contributed by atoms with Crippen molar-refractivity contribution in [3.05, 3.63) is 76.4 Å². The van der Waals surface area contributed by atoms with Crippen LogP contribution in [0.1, 0.15) is 26.5 Å². The van der Waals surface area contributed by atoms with Crippen molar-refractivity contribution >= 4 is 17.1 Å². The molecule has 146 valence electrons. The topological polar surface area (TPSA) is 60.7 Å². The van der Waals surface area contributed by atoms with E-state index in [0.29, 0.717) is 11.3 Å². The molecule has 0 spiro atoms. The lowest BCUT2D eigenvalue weighted by atomic mass is 10.0. The first-order chi connectivity index (χ1) is 13.9. The molecule has 0 amide bonds. The SMILES string of the molecule is Cc1cccc(F)c1C(=O)Cc1ccc(-c2nc(-c3cnn(C)c3)sc2C)cn1. The van der Waals surface area contributed by atoms with Gasteiger partial charge in [0, 0.05) is 41.1 Å². The number of halogens is 1. The minimum atomic E-state index is -0.493. The van der Waals surface area contributed by atoms with Crippen molar-refractivity contribution in [3.63, 3.8) is 0 Å². The highest BCUT2D eigenvalue weighted by Gasteiger charge is 2.17. The Labute approximate surface area is 171 Å². The van der Waals surface area contributed by atoms with Gasteiger partial charge < -0.3 is 0 Å². The molecule has 4 rings (SSSR count). The summed E-state index contributed by atoms with van der Waals surface area (Å²) in [5.41, 5.74) is 4.09. The van der Waals surface area contributed by atoms with Gasteiger partial charge in [-0.1, -0.05) is 12.1 Å². The van der Waals surface area contributed by atoms with E-state index in [1.54, 1.807) is 53.5 Å². The number of hydrogen-bond acceptors (Lipinski definition) is 5. The summed E-state index contributed by atoms with van der Waals surface area (Å²) in [6, 6.07) is 8.34. The minimum Gasteiger partial charge on any atom is -0.294 e. The normalized spacial score (nSPS) is 11.0. The molecule has 5 nitrogen and oxygen atoms in total. The Hall–Kier alpha value is -3.19. The largest absolute Gasteiger partial charge is 0.294 e. The molecule has 0 aliphatic rings. The van der Waals surface area contributed by atoms with Crippen LogP contribution in [0.25, 0.3) is 21.8 Å². The summed E-state index contributed by atoms with van der Waals surface area (Å²) < 4.78 is 15.8. The lowest BCUT2D eigenvalue weighted by Gasteiger charge is -2.06. The van der Waals surface area contributed by atoms with Crippen LogP contribution < -0.4 is 0 Å². The van der Waals surface area contributed by atoms with Crippen molar-refractivity contribution in [2.24, 2.45) is 7.05 Å². The summed E-state index contributed by atoms with van der Waals surface area (Å²) in [6.07, 6.45) is 5.49. The minimum absolute atomic E-state index is 0.0546. The van der Waals surface area contributed by atoms with Crippen molar-refractivity contribution in [3.8, 4) is 21.8 Å². The second-order valence-corrected chi connectivity index (χ2v) is 8.10. The molecule has 0 atom stereocenters. The molecule has 3 heterocycles. The van der Waals surface area contributed by atoms with E-state index in [1.165, 1.54) is 6.07 Å². The van der Waals surface area contributed by atoms with Crippen molar-refractivity contribution in [2.75, 3.05) is 0 Å². The Morgan fingerprint density at radius 3 is 2.62 bits per heavy atom. The Morgan fingerprint density at radius 2 is 1.97 bits per heavy atom. The van der Waals surface area contributed by atoms with E-state index in [0.717, 1.165) is 26.7 Å². The van der Waals surface area contributed by atoms with Gasteiger partial charge in [0.05, 0.1) is 23.9 Å². The molecular formula is C22H19FN4OS. The van der Waals surface area contributed by atoms with E-state index in [9.17, 15) is 9.18 Å². The number of aromatic nitrogens is 4. The van der Waals surface area contributed by atoms with Crippen LogP contribution in [0.5, 0.6) is 0 Å². The van der Waals surface area contributed by atoms with Gasteiger partial charge >= 0.3 is 0 Å². The van der Waals surface area contributed by atoms with E-state index >= 15 is 0 Å². The first kappa shape index (κ1) is 19.1. The maximum atomic E-state index is 14.0. The van der Waals surface area contributed by atoms with E-state index in [-0.39, 0.29) is 17.8 Å². The number of benzene rings is 1. The van der Waals surface area contributed by atoms with Gasteiger partial charge in [0.15, 0.2) is 5.78 Å². The molecule has 29 heavy (non-hydrogen) atoms. The molecule has 0 aliphatic carbocycles. The summed E-state index contributed by atoms with van der Waals surface area (Å²) in [4.78, 5) is 22.8. The zero-order chi connectivity index (χ0) is 20.5. The number of hydrogen-bond donors (Lipinski definition) is 0. The van der Waals surface area contributed by atoms with Crippen molar-refractivity contribution in [2.45, 2.75) is 20.3 Å².